The maximum atomic E-state index is 9.28. The van der Waals surface area contributed by atoms with Crippen LogP contribution < -0.4 is 10.6 Å². The smallest absolute Gasteiger partial charge is 0.228 e. The number of nitrogens with two attached hydrogens (primary N) is 1. The largest absolute Gasteiger partial charge is 0.395 e. The number of aliphatic hydroxyl groups excluding tert-OH is 1. The second-order valence-electron chi connectivity index (χ2n) is 5.64. The van der Waals surface area contributed by atoms with Crippen LogP contribution in [0.25, 0.3) is 22.4 Å². The number of fused-ring (bicyclic) bond motifs is 1. The summed E-state index contributed by atoms with van der Waals surface area (Å²) in [6, 6.07) is 0. The first kappa shape index (κ1) is 15.7. The van der Waals surface area contributed by atoms with E-state index in [0.29, 0.717) is 48.1 Å². The van der Waals surface area contributed by atoms with Gasteiger partial charge in [-0.2, -0.15) is 4.98 Å². The van der Waals surface area contributed by atoms with Crippen LogP contribution >= 0.6 is 0 Å². The van der Waals surface area contributed by atoms with Gasteiger partial charge >= 0.3 is 0 Å². The molecule has 0 aromatic carbocycles. The van der Waals surface area contributed by atoms with Crippen LogP contribution in [0.3, 0.4) is 0 Å². The lowest BCUT2D eigenvalue weighted by atomic mass is 10.2. The Morgan fingerprint density at radius 3 is 2.60 bits per heavy atom. The molecule has 0 amide bonds. The van der Waals surface area contributed by atoms with E-state index in [0.717, 1.165) is 13.1 Å². The number of hydrogen-bond acceptors (Lipinski definition) is 9. The van der Waals surface area contributed by atoms with Gasteiger partial charge in [-0.25, -0.2) is 19.9 Å². The number of nitrogens with zero attached hydrogens (tertiary/aromatic N) is 7. The van der Waals surface area contributed by atoms with E-state index in [1.807, 2.05) is 4.57 Å². The number of ether oxygens (including phenoxy) is 1. The minimum absolute atomic E-state index is 0.00264. The Morgan fingerprint density at radius 2 is 1.88 bits per heavy atom. The third kappa shape index (κ3) is 2.96. The number of hydrogen-bond donors (Lipinski definition) is 2. The summed E-state index contributed by atoms with van der Waals surface area (Å²) in [5, 5.41) is 9.28. The SMILES string of the molecule is Nc1ncc(-c2nc(N3CCOCC3)nc3c2ncn3CCO)cn1. The van der Waals surface area contributed by atoms with E-state index in [-0.39, 0.29) is 12.6 Å². The summed E-state index contributed by atoms with van der Waals surface area (Å²) in [4.78, 5) is 23.9. The number of nitrogen functional groups attached to an aromatic ring is 1. The Labute approximate surface area is 143 Å². The molecule has 0 bridgehead atoms. The first-order chi connectivity index (χ1) is 12.3. The third-order valence-corrected chi connectivity index (χ3v) is 4.03. The second-order valence-corrected chi connectivity index (χ2v) is 5.64. The molecule has 10 nitrogen and oxygen atoms in total. The minimum atomic E-state index is 0.00264. The van der Waals surface area contributed by atoms with Crippen molar-refractivity contribution < 1.29 is 9.84 Å². The van der Waals surface area contributed by atoms with Crippen LogP contribution in [0.15, 0.2) is 18.7 Å². The molecule has 3 N–H and O–H groups in total. The molecule has 3 aromatic rings. The number of anilines is 2. The van der Waals surface area contributed by atoms with Crippen LogP contribution in [0.1, 0.15) is 0 Å². The molecule has 0 saturated carbocycles. The molecule has 1 fully saturated rings. The van der Waals surface area contributed by atoms with Crippen LogP contribution in [0.5, 0.6) is 0 Å². The van der Waals surface area contributed by atoms with E-state index in [1.54, 1.807) is 18.7 Å². The minimum Gasteiger partial charge on any atom is -0.395 e. The highest BCUT2D eigenvalue weighted by Gasteiger charge is 2.20. The number of rotatable bonds is 4. The molecule has 1 saturated heterocycles. The van der Waals surface area contributed by atoms with E-state index < -0.39 is 0 Å². The predicted molar refractivity (Wildman–Crippen MR) is 90.9 cm³/mol. The normalized spacial score (nSPS) is 15.0. The molecule has 0 radical (unpaired) electrons. The zero-order chi connectivity index (χ0) is 17.2. The van der Waals surface area contributed by atoms with Crippen molar-refractivity contribution in [3.05, 3.63) is 18.7 Å². The molecular weight excluding hydrogens is 324 g/mol. The topological polar surface area (TPSA) is 128 Å². The van der Waals surface area contributed by atoms with Gasteiger partial charge in [0.2, 0.25) is 11.9 Å². The summed E-state index contributed by atoms with van der Waals surface area (Å²) >= 11 is 0. The molecule has 130 valence electrons. The van der Waals surface area contributed by atoms with Crippen LogP contribution in [0, 0.1) is 0 Å². The second kappa shape index (κ2) is 6.57. The Morgan fingerprint density at radius 1 is 1.12 bits per heavy atom. The summed E-state index contributed by atoms with van der Waals surface area (Å²) < 4.78 is 7.21. The van der Waals surface area contributed by atoms with E-state index in [1.165, 1.54) is 0 Å². The van der Waals surface area contributed by atoms with Gasteiger partial charge < -0.3 is 25.0 Å². The Bertz CT molecular complexity index is 873. The fourth-order valence-electron chi connectivity index (χ4n) is 2.77. The van der Waals surface area contributed by atoms with Crippen LogP contribution in [0.4, 0.5) is 11.9 Å². The van der Waals surface area contributed by atoms with Gasteiger partial charge in [0.1, 0.15) is 11.2 Å². The lowest BCUT2D eigenvalue weighted by molar-refractivity contribution is 0.122. The first-order valence-electron chi connectivity index (χ1n) is 8.00. The number of imidazole rings is 1. The lowest BCUT2D eigenvalue weighted by Gasteiger charge is -2.27. The molecule has 3 aromatic heterocycles. The quantitative estimate of drug-likeness (QED) is 0.656. The first-order valence-corrected chi connectivity index (χ1v) is 8.00. The van der Waals surface area contributed by atoms with Crippen molar-refractivity contribution in [3.63, 3.8) is 0 Å². The van der Waals surface area contributed by atoms with Gasteiger partial charge in [0.15, 0.2) is 5.65 Å². The van der Waals surface area contributed by atoms with Gasteiger partial charge in [0, 0.05) is 37.6 Å². The van der Waals surface area contributed by atoms with E-state index in [9.17, 15) is 5.11 Å². The van der Waals surface area contributed by atoms with Crippen molar-refractivity contribution in [2.24, 2.45) is 0 Å². The van der Waals surface area contributed by atoms with Gasteiger partial charge in [-0.15, -0.1) is 0 Å². The van der Waals surface area contributed by atoms with Crippen LogP contribution in [0.2, 0.25) is 0 Å². The standard InChI is InChI=1S/C15H18N8O2/c16-14-17-7-10(8-18-14)11-12-13(23(1-4-24)9-19-12)21-15(20-11)22-2-5-25-6-3-22/h7-9,24H,1-6H2,(H2,16,17,18). The number of morpholine rings is 1. The molecule has 1 aliphatic heterocycles. The summed E-state index contributed by atoms with van der Waals surface area (Å²) in [6.45, 7) is 3.13. The van der Waals surface area contributed by atoms with Crippen LogP contribution in [-0.2, 0) is 11.3 Å². The summed E-state index contributed by atoms with van der Waals surface area (Å²) in [6.07, 6.45) is 4.90. The Balaban J connectivity index is 1.88. The molecule has 4 heterocycles. The fraction of sp³-hybridized carbons (Fsp3) is 0.400. The maximum absolute atomic E-state index is 9.28. The highest BCUT2D eigenvalue weighted by molar-refractivity contribution is 5.88. The van der Waals surface area contributed by atoms with Gasteiger partial charge in [0.25, 0.3) is 0 Å². The molecular formula is C15H18N8O2. The molecule has 0 spiro atoms. The van der Waals surface area contributed by atoms with Crippen molar-refractivity contribution in [2.45, 2.75) is 6.54 Å². The number of aromatic nitrogens is 6. The van der Waals surface area contributed by atoms with E-state index >= 15 is 0 Å². The summed E-state index contributed by atoms with van der Waals surface area (Å²) in [5.74, 6) is 0.801. The predicted octanol–water partition coefficient (Wildman–Crippen LogP) is -0.306. The van der Waals surface area contributed by atoms with Gasteiger partial charge in [-0.1, -0.05) is 0 Å². The maximum Gasteiger partial charge on any atom is 0.228 e. The Kier molecular flexibility index (Phi) is 4.12. The zero-order valence-corrected chi connectivity index (χ0v) is 13.5. The van der Waals surface area contributed by atoms with E-state index in [2.05, 4.69) is 24.8 Å². The van der Waals surface area contributed by atoms with Gasteiger partial charge in [-0.3, -0.25) is 0 Å². The molecule has 4 rings (SSSR count). The lowest BCUT2D eigenvalue weighted by Crippen LogP contribution is -2.37. The molecule has 10 heteroatoms. The highest BCUT2D eigenvalue weighted by Crippen LogP contribution is 2.27. The zero-order valence-electron chi connectivity index (χ0n) is 13.5. The van der Waals surface area contributed by atoms with Crippen molar-refractivity contribution in [2.75, 3.05) is 43.5 Å². The Hall–Kier alpha value is -2.85. The number of aliphatic hydroxyl groups is 1. The summed E-state index contributed by atoms with van der Waals surface area (Å²) in [7, 11) is 0. The van der Waals surface area contributed by atoms with Gasteiger partial charge in [0.05, 0.1) is 26.1 Å². The average Bonchev–Trinajstić information content (AvgIpc) is 3.06. The summed E-state index contributed by atoms with van der Waals surface area (Å²) in [5.41, 5.74) is 8.24. The molecule has 25 heavy (non-hydrogen) atoms. The molecule has 0 unspecified atom stereocenters. The van der Waals surface area contributed by atoms with Gasteiger partial charge in [-0.05, 0) is 0 Å². The monoisotopic (exact) mass is 342 g/mol. The average molecular weight is 342 g/mol. The van der Waals surface area contributed by atoms with Crippen molar-refractivity contribution in [1.82, 2.24) is 29.5 Å². The van der Waals surface area contributed by atoms with Crippen molar-refractivity contribution >= 4 is 23.1 Å². The highest BCUT2D eigenvalue weighted by atomic mass is 16.5. The van der Waals surface area contributed by atoms with Crippen molar-refractivity contribution in [1.29, 1.82) is 0 Å². The van der Waals surface area contributed by atoms with Crippen LogP contribution in [-0.4, -0.2) is 67.5 Å². The van der Waals surface area contributed by atoms with E-state index in [4.69, 9.17) is 15.5 Å². The molecule has 0 aliphatic carbocycles. The van der Waals surface area contributed by atoms with Crippen molar-refractivity contribution in [3.8, 4) is 11.3 Å². The molecule has 0 atom stereocenters. The fourth-order valence-corrected chi connectivity index (χ4v) is 2.77. The molecule has 1 aliphatic rings. The third-order valence-electron chi connectivity index (χ3n) is 4.03.